The van der Waals surface area contributed by atoms with Gasteiger partial charge < -0.3 is 14.3 Å². The number of hydrogen-bond donors (Lipinski definition) is 1. The van der Waals surface area contributed by atoms with Crippen LogP contribution in [-0.4, -0.2) is 11.1 Å². The van der Waals surface area contributed by atoms with Gasteiger partial charge in [-0.3, -0.25) is 4.79 Å². The standard InChI is InChI=1S/C21H17BrN2O3/c1-12-3-5-14(6-4-12)18-10-16(27-24-18)11-23-21(25)20-13(2)17-8-7-15(22)9-19(17)26-20/h3-10H,11H2,1-2H3,(H,23,25). The summed E-state index contributed by atoms with van der Waals surface area (Å²) in [6.45, 7) is 4.14. The van der Waals surface area contributed by atoms with Gasteiger partial charge in [-0.1, -0.05) is 50.9 Å². The second-order valence-corrected chi connectivity index (χ2v) is 7.34. The van der Waals surface area contributed by atoms with Crippen LogP contribution >= 0.6 is 15.9 Å². The van der Waals surface area contributed by atoms with Gasteiger partial charge in [0.25, 0.3) is 5.91 Å². The van der Waals surface area contributed by atoms with Gasteiger partial charge in [0, 0.05) is 27.1 Å². The molecular weight excluding hydrogens is 408 g/mol. The number of nitrogens with zero attached hydrogens (tertiary/aromatic N) is 1. The monoisotopic (exact) mass is 424 g/mol. The van der Waals surface area contributed by atoms with Gasteiger partial charge in [0.05, 0.1) is 6.54 Å². The van der Waals surface area contributed by atoms with E-state index in [4.69, 9.17) is 8.94 Å². The molecule has 0 saturated carbocycles. The molecule has 0 unspecified atom stereocenters. The van der Waals surface area contributed by atoms with E-state index < -0.39 is 0 Å². The average Bonchev–Trinajstić information content (AvgIpc) is 3.25. The van der Waals surface area contributed by atoms with Crippen molar-refractivity contribution in [3.63, 3.8) is 0 Å². The molecule has 0 saturated heterocycles. The number of benzene rings is 2. The Balaban J connectivity index is 1.48. The van der Waals surface area contributed by atoms with Crippen molar-refractivity contribution in [3.8, 4) is 11.3 Å². The van der Waals surface area contributed by atoms with Crippen LogP contribution in [0.1, 0.15) is 27.4 Å². The lowest BCUT2D eigenvalue weighted by molar-refractivity contribution is 0.0920. The fourth-order valence-electron chi connectivity index (χ4n) is 2.92. The van der Waals surface area contributed by atoms with Crippen LogP contribution in [0, 0.1) is 13.8 Å². The fourth-order valence-corrected chi connectivity index (χ4v) is 3.26. The van der Waals surface area contributed by atoms with Crippen LogP contribution in [0.5, 0.6) is 0 Å². The molecule has 136 valence electrons. The molecular formula is C21H17BrN2O3. The molecule has 0 bridgehead atoms. The lowest BCUT2D eigenvalue weighted by Gasteiger charge is -2.00. The molecule has 2 aromatic carbocycles. The Kier molecular flexibility index (Phi) is 4.58. The van der Waals surface area contributed by atoms with Crippen molar-refractivity contribution in [2.45, 2.75) is 20.4 Å². The van der Waals surface area contributed by atoms with Crippen LogP contribution in [0.4, 0.5) is 0 Å². The summed E-state index contributed by atoms with van der Waals surface area (Å²) in [7, 11) is 0. The van der Waals surface area contributed by atoms with E-state index >= 15 is 0 Å². The molecule has 2 aromatic heterocycles. The van der Waals surface area contributed by atoms with Crippen LogP contribution in [0.2, 0.25) is 0 Å². The Labute approximate surface area is 164 Å². The van der Waals surface area contributed by atoms with Gasteiger partial charge in [-0.15, -0.1) is 0 Å². The summed E-state index contributed by atoms with van der Waals surface area (Å²) in [5.74, 6) is 0.602. The van der Waals surface area contributed by atoms with Crippen molar-refractivity contribution in [1.82, 2.24) is 10.5 Å². The quantitative estimate of drug-likeness (QED) is 0.476. The molecule has 0 fully saturated rings. The number of aryl methyl sites for hydroxylation is 2. The Hall–Kier alpha value is -2.86. The first kappa shape index (κ1) is 17.5. The molecule has 27 heavy (non-hydrogen) atoms. The van der Waals surface area contributed by atoms with Crippen molar-refractivity contribution in [2.75, 3.05) is 0 Å². The zero-order valence-electron chi connectivity index (χ0n) is 14.9. The summed E-state index contributed by atoms with van der Waals surface area (Å²) >= 11 is 3.41. The maximum atomic E-state index is 12.5. The van der Waals surface area contributed by atoms with Gasteiger partial charge in [-0.05, 0) is 32.0 Å². The van der Waals surface area contributed by atoms with Crippen molar-refractivity contribution in [1.29, 1.82) is 0 Å². The van der Waals surface area contributed by atoms with E-state index in [1.807, 2.05) is 62.4 Å². The van der Waals surface area contributed by atoms with E-state index in [-0.39, 0.29) is 12.5 Å². The third-order valence-electron chi connectivity index (χ3n) is 4.44. The average molecular weight is 425 g/mol. The number of halogens is 1. The molecule has 0 aliphatic rings. The molecule has 6 heteroatoms. The van der Waals surface area contributed by atoms with Crippen LogP contribution in [0.15, 0.2) is 61.9 Å². The lowest BCUT2D eigenvalue weighted by Crippen LogP contribution is -2.22. The second-order valence-electron chi connectivity index (χ2n) is 6.42. The predicted octanol–water partition coefficient (Wildman–Crippen LogP) is 5.40. The molecule has 0 spiro atoms. The fraction of sp³-hybridized carbons (Fsp3) is 0.143. The van der Waals surface area contributed by atoms with Crippen LogP contribution in [-0.2, 0) is 6.54 Å². The highest BCUT2D eigenvalue weighted by Crippen LogP contribution is 2.28. The van der Waals surface area contributed by atoms with Crippen LogP contribution < -0.4 is 5.32 Å². The van der Waals surface area contributed by atoms with E-state index in [2.05, 4.69) is 26.4 Å². The van der Waals surface area contributed by atoms with E-state index in [9.17, 15) is 4.79 Å². The number of hydrogen-bond acceptors (Lipinski definition) is 4. The molecule has 1 amide bonds. The van der Waals surface area contributed by atoms with E-state index in [0.717, 1.165) is 26.7 Å². The highest BCUT2D eigenvalue weighted by molar-refractivity contribution is 9.10. The SMILES string of the molecule is Cc1ccc(-c2cc(CNC(=O)c3oc4cc(Br)ccc4c3C)on2)cc1. The van der Waals surface area contributed by atoms with Crippen LogP contribution in [0.3, 0.4) is 0 Å². The third-order valence-corrected chi connectivity index (χ3v) is 4.93. The number of amides is 1. The number of aromatic nitrogens is 1. The second kappa shape index (κ2) is 7.04. The Bertz CT molecular complexity index is 1130. The number of carbonyl (C=O) groups excluding carboxylic acids is 1. The van der Waals surface area contributed by atoms with Crippen molar-refractivity contribution in [2.24, 2.45) is 0 Å². The summed E-state index contributed by atoms with van der Waals surface area (Å²) in [5.41, 5.74) is 4.38. The minimum absolute atomic E-state index is 0.234. The number of furan rings is 1. The summed E-state index contributed by atoms with van der Waals surface area (Å²) in [5, 5.41) is 7.82. The van der Waals surface area contributed by atoms with Gasteiger partial charge in [0.1, 0.15) is 11.3 Å². The molecule has 0 radical (unpaired) electrons. The summed E-state index contributed by atoms with van der Waals surface area (Å²) < 4.78 is 12.0. The first-order chi connectivity index (χ1) is 13.0. The van der Waals surface area contributed by atoms with Gasteiger partial charge >= 0.3 is 0 Å². The molecule has 0 aliphatic heterocycles. The lowest BCUT2D eigenvalue weighted by atomic mass is 10.1. The summed E-state index contributed by atoms with van der Waals surface area (Å²) in [6, 6.07) is 15.6. The minimum Gasteiger partial charge on any atom is -0.451 e. The molecule has 4 rings (SSSR count). The van der Waals surface area contributed by atoms with Gasteiger partial charge in [-0.25, -0.2) is 0 Å². The third kappa shape index (κ3) is 3.53. The Morgan fingerprint density at radius 3 is 2.67 bits per heavy atom. The van der Waals surface area contributed by atoms with Gasteiger partial charge in [-0.2, -0.15) is 0 Å². The predicted molar refractivity (Wildman–Crippen MR) is 106 cm³/mol. The maximum absolute atomic E-state index is 12.5. The normalized spacial score (nSPS) is 11.1. The van der Waals surface area contributed by atoms with Crippen molar-refractivity contribution in [3.05, 3.63) is 75.7 Å². The van der Waals surface area contributed by atoms with Crippen molar-refractivity contribution >= 4 is 32.8 Å². The molecule has 4 aromatic rings. The van der Waals surface area contributed by atoms with Crippen LogP contribution in [0.25, 0.3) is 22.2 Å². The molecule has 2 heterocycles. The summed E-state index contributed by atoms with van der Waals surface area (Å²) in [6.07, 6.45) is 0. The number of carbonyl (C=O) groups is 1. The number of rotatable bonds is 4. The highest BCUT2D eigenvalue weighted by Gasteiger charge is 2.18. The smallest absolute Gasteiger partial charge is 0.287 e. The zero-order chi connectivity index (χ0) is 19.0. The topological polar surface area (TPSA) is 68.3 Å². The number of fused-ring (bicyclic) bond motifs is 1. The van der Waals surface area contributed by atoms with E-state index in [0.29, 0.717) is 17.1 Å². The largest absolute Gasteiger partial charge is 0.451 e. The Morgan fingerprint density at radius 1 is 1.11 bits per heavy atom. The van der Waals surface area contributed by atoms with E-state index in [1.165, 1.54) is 5.56 Å². The first-order valence-electron chi connectivity index (χ1n) is 8.51. The summed E-state index contributed by atoms with van der Waals surface area (Å²) in [4.78, 5) is 12.5. The molecule has 0 aliphatic carbocycles. The molecule has 5 nitrogen and oxygen atoms in total. The minimum atomic E-state index is -0.284. The highest BCUT2D eigenvalue weighted by atomic mass is 79.9. The molecule has 0 atom stereocenters. The maximum Gasteiger partial charge on any atom is 0.287 e. The number of nitrogens with one attached hydrogen (secondary N) is 1. The Morgan fingerprint density at radius 2 is 1.89 bits per heavy atom. The van der Waals surface area contributed by atoms with E-state index in [1.54, 1.807) is 0 Å². The van der Waals surface area contributed by atoms with Crippen molar-refractivity contribution < 1.29 is 13.7 Å². The first-order valence-corrected chi connectivity index (χ1v) is 9.30. The molecule has 1 N–H and O–H groups in total. The van der Waals surface area contributed by atoms with Gasteiger partial charge in [0.2, 0.25) is 0 Å². The zero-order valence-corrected chi connectivity index (χ0v) is 16.5. The van der Waals surface area contributed by atoms with Gasteiger partial charge in [0.15, 0.2) is 11.5 Å².